The molecule has 7 heteroatoms. The lowest BCUT2D eigenvalue weighted by atomic mass is 10.2. The SMILES string of the molecule is O=C(Cn1cnc2sc3c(c2c1=O)CCC3)NC[C@@H]1CCCO1. The Labute approximate surface area is 137 Å². The van der Waals surface area contributed by atoms with Gasteiger partial charge in [-0.15, -0.1) is 11.3 Å². The first-order valence-electron chi connectivity index (χ1n) is 8.10. The van der Waals surface area contributed by atoms with E-state index < -0.39 is 0 Å². The van der Waals surface area contributed by atoms with E-state index in [0.717, 1.165) is 54.5 Å². The Morgan fingerprint density at radius 2 is 2.35 bits per heavy atom. The van der Waals surface area contributed by atoms with E-state index in [1.807, 2.05) is 0 Å². The Kier molecular flexibility index (Phi) is 3.90. The van der Waals surface area contributed by atoms with Crippen LogP contribution in [-0.2, 0) is 28.9 Å². The summed E-state index contributed by atoms with van der Waals surface area (Å²) in [6.07, 6.45) is 6.71. The zero-order valence-electron chi connectivity index (χ0n) is 12.8. The van der Waals surface area contributed by atoms with Crippen LogP contribution in [0.15, 0.2) is 11.1 Å². The van der Waals surface area contributed by atoms with Gasteiger partial charge in [0.05, 0.1) is 17.8 Å². The van der Waals surface area contributed by atoms with Crippen LogP contribution >= 0.6 is 11.3 Å². The van der Waals surface area contributed by atoms with Gasteiger partial charge in [0, 0.05) is 18.0 Å². The van der Waals surface area contributed by atoms with Gasteiger partial charge in [-0.3, -0.25) is 14.2 Å². The lowest BCUT2D eigenvalue weighted by Crippen LogP contribution is -2.36. The van der Waals surface area contributed by atoms with E-state index in [1.54, 1.807) is 11.3 Å². The number of nitrogens with one attached hydrogen (secondary N) is 1. The Morgan fingerprint density at radius 1 is 1.43 bits per heavy atom. The average Bonchev–Trinajstić information content (AvgIpc) is 3.23. The van der Waals surface area contributed by atoms with E-state index in [0.29, 0.717) is 6.54 Å². The zero-order chi connectivity index (χ0) is 15.8. The summed E-state index contributed by atoms with van der Waals surface area (Å²) in [6.45, 7) is 1.29. The molecule has 2 aromatic rings. The molecule has 23 heavy (non-hydrogen) atoms. The summed E-state index contributed by atoms with van der Waals surface area (Å²) in [5.74, 6) is -0.171. The standard InChI is InChI=1S/C16H19N3O3S/c20-13(17-7-10-3-2-6-22-10)8-19-9-18-15-14(16(19)21)11-4-1-5-12(11)23-15/h9-10H,1-8H2,(H,17,20)/t10-/m0/s1. The zero-order valence-corrected chi connectivity index (χ0v) is 13.7. The minimum absolute atomic E-state index is 0.0130. The molecular formula is C16H19N3O3S. The molecule has 1 N–H and O–H groups in total. The van der Waals surface area contributed by atoms with Gasteiger partial charge < -0.3 is 10.1 Å². The van der Waals surface area contributed by atoms with Crippen LogP contribution in [0.4, 0.5) is 0 Å². The van der Waals surface area contributed by atoms with Gasteiger partial charge in [0.1, 0.15) is 11.4 Å². The molecule has 0 bridgehead atoms. The first kappa shape index (κ1) is 14.8. The van der Waals surface area contributed by atoms with Gasteiger partial charge in [0.25, 0.3) is 5.56 Å². The predicted molar refractivity (Wildman–Crippen MR) is 87.9 cm³/mol. The molecule has 0 saturated carbocycles. The second-order valence-electron chi connectivity index (χ2n) is 6.15. The molecule has 2 aliphatic rings. The molecule has 1 amide bonds. The molecule has 1 aliphatic heterocycles. The van der Waals surface area contributed by atoms with E-state index in [4.69, 9.17) is 4.74 Å². The molecule has 0 radical (unpaired) electrons. The highest BCUT2D eigenvalue weighted by Crippen LogP contribution is 2.34. The van der Waals surface area contributed by atoms with E-state index in [9.17, 15) is 9.59 Å². The summed E-state index contributed by atoms with van der Waals surface area (Å²) in [6, 6.07) is 0. The minimum atomic E-state index is -0.171. The van der Waals surface area contributed by atoms with Gasteiger partial charge in [0.15, 0.2) is 0 Å². The smallest absolute Gasteiger partial charge is 0.262 e. The monoisotopic (exact) mass is 333 g/mol. The summed E-state index contributed by atoms with van der Waals surface area (Å²) in [5, 5.41) is 3.57. The Bertz CT molecular complexity index is 805. The molecule has 1 saturated heterocycles. The highest BCUT2D eigenvalue weighted by Gasteiger charge is 2.22. The average molecular weight is 333 g/mol. The van der Waals surface area contributed by atoms with E-state index >= 15 is 0 Å². The molecule has 4 rings (SSSR count). The lowest BCUT2D eigenvalue weighted by Gasteiger charge is -2.11. The molecular weight excluding hydrogens is 314 g/mol. The van der Waals surface area contributed by atoms with Crippen molar-refractivity contribution in [2.45, 2.75) is 44.8 Å². The first-order chi connectivity index (χ1) is 11.2. The van der Waals surface area contributed by atoms with Crippen molar-refractivity contribution >= 4 is 27.5 Å². The highest BCUT2D eigenvalue weighted by atomic mass is 32.1. The number of aromatic nitrogens is 2. The van der Waals surface area contributed by atoms with Crippen LogP contribution in [-0.4, -0.2) is 34.7 Å². The molecule has 0 aromatic carbocycles. The Morgan fingerprint density at radius 3 is 3.17 bits per heavy atom. The number of hydrogen-bond acceptors (Lipinski definition) is 5. The molecule has 122 valence electrons. The summed E-state index contributed by atoms with van der Waals surface area (Å²) in [4.78, 5) is 31.2. The van der Waals surface area contributed by atoms with Crippen LogP contribution < -0.4 is 10.9 Å². The third-order valence-corrected chi connectivity index (χ3v) is 5.76. The van der Waals surface area contributed by atoms with Gasteiger partial charge in [-0.2, -0.15) is 0 Å². The maximum Gasteiger partial charge on any atom is 0.262 e. The largest absolute Gasteiger partial charge is 0.376 e. The molecule has 3 heterocycles. The van der Waals surface area contributed by atoms with Gasteiger partial charge in [0.2, 0.25) is 5.91 Å². The number of aryl methyl sites for hydroxylation is 2. The van der Waals surface area contributed by atoms with Crippen LogP contribution in [0.25, 0.3) is 10.2 Å². The van der Waals surface area contributed by atoms with E-state index in [2.05, 4.69) is 10.3 Å². The van der Waals surface area contributed by atoms with Gasteiger partial charge in [-0.05, 0) is 37.7 Å². The second-order valence-corrected chi connectivity index (χ2v) is 7.24. The molecule has 6 nitrogen and oxygen atoms in total. The van der Waals surface area contributed by atoms with Crippen molar-refractivity contribution in [3.8, 4) is 0 Å². The summed E-state index contributed by atoms with van der Waals surface area (Å²) >= 11 is 1.61. The van der Waals surface area contributed by atoms with Crippen molar-refractivity contribution in [1.82, 2.24) is 14.9 Å². The molecule has 0 spiro atoms. The fourth-order valence-corrected chi connectivity index (χ4v) is 4.60. The Hall–Kier alpha value is -1.73. The summed E-state index contributed by atoms with van der Waals surface area (Å²) in [7, 11) is 0. The number of ether oxygens (including phenoxy) is 1. The van der Waals surface area contributed by atoms with Crippen molar-refractivity contribution in [2.75, 3.05) is 13.2 Å². The van der Waals surface area contributed by atoms with Crippen LogP contribution in [0.2, 0.25) is 0 Å². The highest BCUT2D eigenvalue weighted by molar-refractivity contribution is 7.18. The number of thiophene rings is 1. The third-order valence-electron chi connectivity index (χ3n) is 4.56. The number of carbonyl (C=O) groups excluding carboxylic acids is 1. The topological polar surface area (TPSA) is 73.2 Å². The van der Waals surface area contributed by atoms with Crippen LogP contribution in [0.5, 0.6) is 0 Å². The van der Waals surface area contributed by atoms with Gasteiger partial charge in [-0.1, -0.05) is 0 Å². The number of carbonyl (C=O) groups is 1. The molecule has 1 aliphatic carbocycles. The summed E-state index contributed by atoms with van der Waals surface area (Å²) in [5.41, 5.74) is 1.05. The number of hydrogen-bond donors (Lipinski definition) is 1. The number of amides is 1. The molecule has 1 atom stereocenters. The second kappa shape index (κ2) is 6.05. The fourth-order valence-electron chi connectivity index (χ4n) is 3.38. The van der Waals surface area contributed by atoms with Gasteiger partial charge >= 0.3 is 0 Å². The molecule has 2 aromatic heterocycles. The van der Waals surface area contributed by atoms with Crippen LogP contribution in [0, 0.1) is 0 Å². The summed E-state index contributed by atoms with van der Waals surface area (Å²) < 4.78 is 6.90. The fraction of sp³-hybridized carbons (Fsp3) is 0.562. The quantitative estimate of drug-likeness (QED) is 0.914. The number of nitrogens with zero attached hydrogens (tertiary/aromatic N) is 2. The lowest BCUT2D eigenvalue weighted by molar-refractivity contribution is -0.122. The Balaban J connectivity index is 1.51. The molecule has 1 fully saturated rings. The molecule has 0 unspecified atom stereocenters. The van der Waals surface area contributed by atoms with E-state index in [-0.39, 0.29) is 24.1 Å². The maximum absolute atomic E-state index is 12.7. The number of fused-ring (bicyclic) bond motifs is 3. The van der Waals surface area contributed by atoms with Crippen LogP contribution in [0.1, 0.15) is 29.7 Å². The first-order valence-corrected chi connectivity index (χ1v) is 8.92. The van der Waals surface area contributed by atoms with Gasteiger partial charge in [-0.25, -0.2) is 4.98 Å². The van der Waals surface area contributed by atoms with E-state index in [1.165, 1.54) is 15.8 Å². The predicted octanol–water partition coefficient (Wildman–Crippen LogP) is 1.24. The van der Waals surface area contributed by atoms with Crippen molar-refractivity contribution in [3.63, 3.8) is 0 Å². The van der Waals surface area contributed by atoms with Crippen molar-refractivity contribution in [2.24, 2.45) is 0 Å². The third kappa shape index (κ3) is 2.79. The number of rotatable bonds is 4. The maximum atomic E-state index is 12.7. The van der Waals surface area contributed by atoms with Crippen molar-refractivity contribution in [1.29, 1.82) is 0 Å². The van der Waals surface area contributed by atoms with Crippen molar-refractivity contribution in [3.05, 3.63) is 27.1 Å². The normalized spacial score (nSPS) is 20.1. The van der Waals surface area contributed by atoms with Crippen LogP contribution in [0.3, 0.4) is 0 Å². The minimum Gasteiger partial charge on any atom is -0.376 e. The van der Waals surface area contributed by atoms with Crippen molar-refractivity contribution < 1.29 is 9.53 Å².